The number of aromatic nitrogens is 2. The molecule has 4 heterocycles. The molecule has 1 saturated heterocycles. The van der Waals surface area contributed by atoms with E-state index < -0.39 is 17.7 Å². The van der Waals surface area contributed by atoms with E-state index in [0.29, 0.717) is 41.0 Å². The molecule has 1 atom stereocenters. The molecule has 0 spiro atoms. The van der Waals surface area contributed by atoms with E-state index in [2.05, 4.69) is 9.97 Å². The van der Waals surface area contributed by atoms with Crippen molar-refractivity contribution in [3.8, 4) is 11.5 Å². The van der Waals surface area contributed by atoms with Crippen LogP contribution in [0.5, 0.6) is 11.5 Å². The first-order valence-electron chi connectivity index (χ1n) is 9.15. The predicted octanol–water partition coefficient (Wildman–Crippen LogP) is 2.94. The van der Waals surface area contributed by atoms with Crippen LogP contribution < -0.4 is 14.4 Å². The minimum Gasteiger partial charge on any atom is -0.507 e. The molecule has 5 rings (SSSR count). The summed E-state index contributed by atoms with van der Waals surface area (Å²) in [5.74, 6) is -0.801. The number of aliphatic hydroxyl groups is 1. The topological polar surface area (TPSA) is 102 Å². The summed E-state index contributed by atoms with van der Waals surface area (Å²) >= 11 is 1.23. The van der Waals surface area contributed by atoms with Crippen LogP contribution in [-0.2, 0) is 9.59 Å². The third-order valence-electron chi connectivity index (χ3n) is 4.89. The van der Waals surface area contributed by atoms with Crippen molar-refractivity contribution in [3.05, 3.63) is 71.0 Å². The Labute approximate surface area is 175 Å². The number of amides is 1. The van der Waals surface area contributed by atoms with Crippen LogP contribution in [0.3, 0.4) is 0 Å². The third-order valence-corrected chi connectivity index (χ3v) is 5.66. The molecule has 8 nitrogen and oxygen atoms in total. The number of aliphatic hydroxyl groups excluding tert-OH is 1. The van der Waals surface area contributed by atoms with Gasteiger partial charge in [0, 0.05) is 29.5 Å². The Bertz CT molecular complexity index is 1160. The van der Waals surface area contributed by atoms with Crippen molar-refractivity contribution < 1.29 is 24.2 Å². The fourth-order valence-corrected chi connectivity index (χ4v) is 4.23. The predicted molar refractivity (Wildman–Crippen MR) is 109 cm³/mol. The molecule has 2 aromatic heterocycles. The SMILES string of the molecule is O=C1C(=O)N(c2nccs2)C(c2cccnc2)/C1=C(\O)c1ccc2c(c1)OCCO2. The second-order valence-electron chi connectivity index (χ2n) is 6.63. The quantitative estimate of drug-likeness (QED) is 0.394. The maximum Gasteiger partial charge on any atom is 0.301 e. The van der Waals surface area contributed by atoms with Crippen LogP contribution in [0.1, 0.15) is 17.2 Å². The van der Waals surface area contributed by atoms with Crippen LogP contribution in [0.2, 0.25) is 0 Å². The standard InChI is InChI=1S/C21H15N3O5S/c25-18(12-3-4-14-15(10-12)29-8-7-28-14)16-17(13-2-1-5-22-11-13)24(20(27)19(16)26)21-23-6-9-30-21/h1-6,9-11,17,25H,7-8H2/b18-16+. The number of pyridine rings is 1. The molecule has 1 aromatic carbocycles. The van der Waals surface area contributed by atoms with E-state index in [1.165, 1.54) is 16.2 Å². The average Bonchev–Trinajstić information content (AvgIpc) is 3.40. The van der Waals surface area contributed by atoms with Crippen molar-refractivity contribution in [2.75, 3.05) is 18.1 Å². The van der Waals surface area contributed by atoms with Gasteiger partial charge in [0.1, 0.15) is 19.0 Å². The maximum atomic E-state index is 13.0. The fourth-order valence-electron chi connectivity index (χ4n) is 3.56. The highest BCUT2D eigenvalue weighted by Crippen LogP contribution is 2.43. The van der Waals surface area contributed by atoms with Gasteiger partial charge in [-0.2, -0.15) is 0 Å². The van der Waals surface area contributed by atoms with Gasteiger partial charge in [-0.05, 0) is 29.8 Å². The summed E-state index contributed by atoms with van der Waals surface area (Å²) in [6, 6.07) is 7.50. The number of nitrogens with zero attached hydrogens (tertiary/aromatic N) is 3. The van der Waals surface area contributed by atoms with Gasteiger partial charge in [-0.1, -0.05) is 6.07 Å². The molecule has 0 aliphatic carbocycles. The Morgan fingerprint density at radius 1 is 1.13 bits per heavy atom. The van der Waals surface area contributed by atoms with Gasteiger partial charge in [0.2, 0.25) is 0 Å². The Morgan fingerprint density at radius 3 is 2.70 bits per heavy atom. The van der Waals surface area contributed by atoms with Gasteiger partial charge in [0.05, 0.1) is 11.6 Å². The molecule has 0 radical (unpaired) electrons. The number of rotatable bonds is 3. The minimum absolute atomic E-state index is 0.0279. The number of benzene rings is 1. The summed E-state index contributed by atoms with van der Waals surface area (Å²) in [6.45, 7) is 0.833. The van der Waals surface area contributed by atoms with Crippen LogP contribution in [0.25, 0.3) is 5.76 Å². The van der Waals surface area contributed by atoms with Gasteiger partial charge in [-0.15, -0.1) is 11.3 Å². The maximum absolute atomic E-state index is 13.0. The lowest BCUT2D eigenvalue weighted by Crippen LogP contribution is -2.29. The van der Waals surface area contributed by atoms with E-state index in [1.807, 2.05) is 0 Å². The van der Waals surface area contributed by atoms with Crippen molar-refractivity contribution >= 4 is 33.9 Å². The summed E-state index contributed by atoms with van der Waals surface area (Å²) in [5, 5.41) is 13.2. The minimum atomic E-state index is -0.849. The van der Waals surface area contributed by atoms with E-state index in [9.17, 15) is 14.7 Å². The summed E-state index contributed by atoms with van der Waals surface area (Å²) in [6.07, 6.45) is 4.72. The first-order chi connectivity index (χ1) is 14.6. The normalized spacial score (nSPS) is 19.9. The first-order valence-corrected chi connectivity index (χ1v) is 10.0. The smallest absolute Gasteiger partial charge is 0.301 e. The highest BCUT2D eigenvalue weighted by molar-refractivity contribution is 7.14. The Morgan fingerprint density at radius 2 is 1.97 bits per heavy atom. The number of hydrogen-bond acceptors (Lipinski definition) is 8. The Kier molecular flexibility index (Phi) is 4.44. The van der Waals surface area contributed by atoms with Crippen LogP contribution in [0.15, 0.2) is 59.9 Å². The highest BCUT2D eigenvalue weighted by Gasteiger charge is 2.48. The van der Waals surface area contributed by atoms with Crippen molar-refractivity contribution in [2.24, 2.45) is 0 Å². The number of anilines is 1. The second kappa shape index (κ2) is 7.27. The number of carbonyl (C=O) groups is 2. The molecule has 1 N–H and O–H groups in total. The van der Waals surface area contributed by atoms with Gasteiger partial charge in [-0.25, -0.2) is 4.98 Å². The molecule has 2 aliphatic rings. The number of fused-ring (bicyclic) bond motifs is 1. The molecule has 0 saturated carbocycles. The largest absolute Gasteiger partial charge is 0.507 e. The fraction of sp³-hybridized carbons (Fsp3) is 0.143. The van der Waals surface area contributed by atoms with Gasteiger partial charge < -0.3 is 14.6 Å². The molecule has 1 unspecified atom stereocenters. The van der Waals surface area contributed by atoms with Gasteiger partial charge in [0.25, 0.3) is 5.78 Å². The molecular weight excluding hydrogens is 406 g/mol. The lowest BCUT2D eigenvalue weighted by molar-refractivity contribution is -0.132. The Hall–Kier alpha value is -3.72. The van der Waals surface area contributed by atoms with E-state index in [4.69, 9.17) is 9.47 Å². The van der Waals surface area contributed by atoms with Crippen LogP contribution in [-0.4, -0.2) is 40.0 Å². The zero-order valence-electron chi connectivity index (χ0n) is 15.5. The van der Waals surface area contributed by atoms with E-state index in [1.54, 1.807) is 54.3 Å². The molecular formula is C21H15N3O5S. The second-order valence-corrected chi connectivity index (χ2v) is 7.50. The molecule has 150 valence electrons. The Balaban J connectivity index is 1.68. The van der Waals surface area contributed by atoms with Crippen molar-refractivity contribution in [2.45, 2.75) is 6.04 Å². The zero-order chi connectivity index (χ0) is 20.7. The number of hydrogen-bond donors (Lipinski definition) is 1. The van der Waals surface area contributed by atoms with Crippen molar-refractivity contribution in [1.29, 1.82) is 0 Å². The van der Waals surface area contributed by atoms with Gasteiger partial charge in [0.15, 0.2) is 16.6 Å². The summed E-state index contributed by atoms with van der Waals surface area (Å²) < 4.78 is 11.1. The summed E-state index contributed by atoms with van der Waals surface area (Å²) in [5.41, 5.74) is 0.913. The van der Waals surface area contributed by atoms with Crippen LogP contribution >= 0.6 is 11.3 Å². The molecule has 9 heteroatoms. The number of Topliss-reactive ketones (excluding diaryl/α,β-unsaturated/α-hetero) is 1. The van der Waals surface area contributed by atoms with Crippen LogP contribution in [0.4, 0.5) is 5.13 Å². The lowest BCUT2D eigenvalue weighted by Gasteiger charge is -2.23. The molecule has 2 aliphatic heterocycles. The zero-order valence-corrected chi connectivity index (χ0v) is 16.3. The van der Waals surface area contributed by atoms with Gasteiger partial charge >= 0.3 is 5.91 Å². The number of thiazole rings is 1. The number of carbonyl (C=O) groups excluding carboxylic acids is 2. The van der Waals surface area contributed by atoms with E-state index in [-0.39, 0.29) is 11.3 Å². The average molecular weight is 421 g/mol. The number of ether oxygens (including phenoxy) is 2. The lowest BCUT2D eigenvalue weighted by atomic mass is 9.96. The van der Waals surface area contributed by atoms with E-state index in [0.717, 1.165) is 0 Å². The summed E-state index contributed by atoms with van der Waals surface area (Å²) in [7, 11) is 0. The monoisotopic (exact) mass is 421 g/mol. The third kappa shape index (κ3) is 2.91. The van der Waals surface area contributed by atoms with Crippen molar-refractivity contribution in [3.63, 3.8) is 0 Å². The molecule has 1 amide bonds. The molecule has 1 fully saturated rings. The van der Waals surface area contributed by atoms with Crippen LogP contribution in [0, 0.1) is 0 Å². The first kappa shape index (κ1) is 18.3. The van der Waals surface area contributed by atoms with E-state index >= 15 is 0 Å². The highest BCUT2D eigenvalue weighted by atomic mass is 32.1. The number of ketones is 1. The summed E-state index contributed by atoms with van der Waals surface area (Å²) in [4.78, 5) is 35.5. The molecule has 30 heavy (non-hydrogen) atoms. The molecule has 3 aromatic rings. The van der Waals surface area contributed by atoms with Gasteiger partial charge in [-0.3, -0.25) is 19.5 Å². The molecule has 0 bridgehead atoms. The van der Waals surface area contributed by atoms with Crippen molar-refractivity contribution in [1.82, 2.24) is 9.97 Å².